The number of ether oxygens (including phenoxy) is 3. The van der Waals surface area contributed by atoms with E-state index in [2.05, 4.69) is 10.6 Å². The highest BCUT2D eigenvalue weighted by molar-refractivity contribution is 6.06. The molecule has 0 bridgehead atoms. The molecule has 2 N–H and O–H groups in total. The molecular weight excluding hydrogens is 334 g/mol. The fourth-order valence-corrected chi connectivity index (χ4v) is 2.09. The molecule has 26 heavy (non-hydrogen) atoms. The molecule has 0 heterocycles. The number of methoxy groups -OCH3 is 3. The summed E-state index contributed by atoms with van der Waals surface area (Å²) in [6, 6.07) is 13.8. The van der Waals surface area contributed by atoms with E-state index >= 15 is 0 Å². The molecule has 7 nitrogen and oxygen atoms in total. The number of benzene rings is 2. The highest BCUT2D eigenvalue weighted by atomic mass is 16.5. The van der Waals surface area contributed by atoms with Gasteiger partial charge in [0.15, 0.2) is 0 Å². The minimum atomic E-state index is -0.530. The summed E-state index contributed by atoms with van der Waals surface area (Å²) >= 11 is 0. The molecule has 0 saturated carbocycles. The van der Waals surface area contributed by atoms with Gasteiger partial charge in [0.25, 0.3) is 5.91 Å². The van der Waals surface area contributed by atoms with Gasteiger partial charge in [0, 0.05) is 18.0 Å². The van der Waals surface area contributed by atoms with Crippen LogP contribution in [0.4, 0.5) is 11.4 Å². The second-order valence-electron chi connectivity index (χ2n) is 5.06. The Morgan fingerprint density at radius 1 is 1.00 bits per heavy atom. The van der Waals surface area contributed by atoms with Gasteiger partial charge in [-0.2, -0.15) is 5.26 Å². The van der Waals surface area contributed by atoms with Crippen LogP contribution in [-0.2, 0) is 4.79 Å². The average molecular weight is 353 g/mol. The third-order valence-electron chi connectivity index (χ3n) is 3.49. The molecule has 0 aliphatic heterocycles. The van der Waals surface area contributed by atoms with Crippen LogP contribution in [0.3, 0.4) is 0 Å². The van der Waals surface area contributed by atoms with E-state index in [0.717, 1.165) is 0 Å². The van der Waals surface area contributed by atoms with E-state index in [9.17, 15) is 10.1 Å². The fourth-order valence-electron chi connectivity index (χ4n) is 2.09. The molecule has 2 aromatic carbocycles. The number of nitrogens with one attached hydrogen (secondary N) is 2. The van der Waals surface area contributed by atoms with Crippen LogP contribution in [0, 0.1) is 11.3 Å². The first-order valence-electron chi connectivity index (χ1n) is 7.65. The zero-order chi connectivity index (χ0) is 18.9. The van der Waals surface area contributed by atoms with Crippen molar-refractivity contribution in [2.75, 3.05) is 32.0 Å². The van der Waals surface area contributed by atoms with Crippen molar-refractivity contribution >= 4 is 17.3 Å². The molecule has 0 aliphatic rings. The van der Waals surface area contributed by atoms with Gasteiger partial charge in [-0.15, -0.1) is 0 Å². The molecule has 2 rings (SSSR count). The SMILES string of the molecule is COc1ccc(NC(=O)/C(C#N)=C\Nc2ccc(OC)cc2OC)cc1. The first-order valence-corrected chi connectivity index (χ1v) is 7.65. The average Bonchev–Trinajstić information content (AvgIpc) is 2.69. The van der Waals surface area contributed by atoms with Gasteiger partial charge in [-0.3, -0.25) is 4.79 Å². The third-order valence-corrected chi connectivity index (χ3v) is 3.49. The number of hydrogen-bond donors (Lipinski definition) is 2. The van der Waals surface area contributed by atoms with Crippen LogP contribution in [0.15, 0.2) is 54.2 Å². The molecule has 0 aliphatic carbocycles. The van der Waals surface area contributed by atoms with E-state index in [1.54, 1.807) is 56.7 Å². The summed E-state index contributed by atoms with van der Waals surface area (Å²) in [5.41, 5.74) is 1.07. The number of carbonyl (C=O) groups excluding carboxylic acids is 1. The minimum Gasteiger partial charge on any atom is -0.497 e. The molecule has 0 fully saturated rings. The maximum atomic E-state index is 12.2. The lowest BCUT2D eigenvalue weighted by Crippen LogP contribution is -2.14. The Morgan fingerprint density at radius 3 is 2.23 bits per heavy atom. The van der Waals surface area contributed by atoms with Crippen LogP contribution >= 0.6 is 0 Å². The molecule has 0 unspecified atom stereocenters. The number of nitriles is 1. The number of nitrogens with zero attached hydrogens (tertiary/aromatic N) is 1. The Hall–Kier alpha value is -3.66. The van der Waals surface area contributed by atoms with Crippen LogP contribution in [-0.4, -0.2) is 27.2 Å². The van der Waals surface area contributed by atoms with Crippen molar-refractivity contribution in [1.82, 2.24) is 0 Å². The minimum absolute atomic E-state index is 0.0845. The van der Waals surface area contributed by atoms with Crippen molar-refractivity contribution in [2.24, 2.45) is 0 Å². The van der Waals surface area contributed by atoms with E-state index in [1.807, 2.05) is 6.07 Å². The number of amides is 1. The highest BCUT2D eigenvalue weighted by Crippen LogP contribution is 2.29. The van der Waals surface area contributed by atoms with Crippen molar-refractivity contribution in [3.8, 4) is 23.3 Å². The predicted molar refractivity (Wildman–Crippen MR) is 98.5 cm³/mol. The quantitative estimate of drug-likeness (QED) is 0.587. The lowest BCUT2D eigenvalue weighted by molar-refractivity contribution is -0.112. The Labute approximate surface area is 151 Å². The summed E-state index contributed by atoms with van der Waals surface area (Å²) in [5, 5.41) is 14.8. The van der Waals surface area contributed by atoms with Gasteiger partial charge in [-0.25, -0.2) is 0 Å². The van der Waals surface area contributed by atoms with Gasteiger partial charge in [0.2, 0.25) is 0 Å². The molecule has 0 atom stereocenters. The lowest BCUT2D eigenvalue weighted by Gasteiger charge is -2.10. The van der Waals surface area contributed by atoms with Gasteiger partial charge >= 0.3 is 0 Å². The van der Waals surface area contributed by atoms with Crippen LogP contribution in [0.25, 0.3) is 0 Å². The topological polar surface area (TPSA) is 92.6 Å². The smallest absolute Gasteiger partial charge is 0.267 e. The molecule has 0 spiro atoms. The maximum Gasteiger partial charge on any atom is 0.267 e. The Bertz CT molecular complexity index is 839. The van der Waals surface area contributed by atoms with Gasteiger partial charge < -0.3 is 24.8 Å². The van der Waals surface area contributed by atoms with Crippen molar-refractivity contribution in [3.63, 3.8) is 0 Å². The van der Waals surface area contributed by atoms with Crippen LogP contribution < -0.4 is 24.8 Å². The van der Waals surface area contributed by atoms with Crippen LogP contribution in [0.1, 0.15) is 0 Å². The van der Waals surface area contributed by atoms with E-state index in [1.165, 1.54) is 13.3 Å². The second kappa shape index (κ2) is 8.99. The van der Waals surface area contributed by atoms with Crippen molar-refractivity contribution in [1.29, 1.82) is 5.26 Å². The third kappa shape index (κ3) is 4.68. The standard InChI is InChI=1S/C19H19N3O4/c1-24-15-6-4-14(5-7-15)22-19(23)13(11-20)12-21-17-9-8-16(25-2)10-18(17)26-3/h4-10,12,21H,1-3H3,(H,22,23)/b13-12-. The Kier molecular flexibility index (Phi) is 6.46. The molecule has 7 heteroatoms. The normalized spacial score (nSPS) is 10.5. The summed E-state index contributed by atoms with van der Waals surface area (Å²) in [5.74, 6) is 1.30. The zero-order valence-electron chi connectivity index (χ0n) is 14.7. The zero-order valence-corrected chi connectivity index (χ0v) is 14.7. The number of anilines is 2. The summed E-state index contributed by atoms with van der Waals surface area (Å²) < 4.78 is 15.5. The maximum absolute atomic E-state index is 12.2. The molecular formula is C19H19N3O4. The van der Waals surface area contributed by atoms with E-state index < -0.39 is 5.91 Å². The van der Waals surface area contributed by atoms with Gasteiger partial charge in [-0.05, 0) is 36.4 Å². The monoisotopic (exact) mass is 353 g/mol. The fraction of sp³-hybridized carbons (Fsp3) is 0.158. The first-order chi connectivity index (χ1) is 12.6. The van der Waals surface area contributed by atoms with E-state index in [0.29, 0.717) is 28.6 Å². The predicted octanol–water partition coefficient (Wildman–Crippen LogP) is 3.17. The lowest BCUT2D eigenvalue weighted by atomic mass is 10.2. The largest absolute Gasteiger partial charge is 0.497 e. The van der Waals surface area contributed by atoms with Crippen LogP contribution in [0.2, 0.25) is 0 Å². The van der Waals surface area contributed by atoms with Gasteiger partial charge in [-0.1, -0.05) is 0 Å². The summed E-state index contributed by atoms with van der Waals surface area (Å²) in [6.07, 6.45) is 1.32. The highest BCUT2D eigenvalue weighted by Gasteiger charge is 2.10. The molecule has 2 aromatic rings. The molecule has 1 amide bonds. The Balaban J connectivity index is 2.11. The first kappa shape index (κ1) is 18.7. The van der Waals surface area contributed by atoms with Crippen molar-refractivity contribution < 1.29 is 19.0 Å². The number of hydrogen-bond acceptors (Lipinski definition) is 6. The van der Waals surface area contributed by atoms with Crippen molar-refractivity contribution in [3.05, 3.63) is 54.2 Å². The van der Waals surface area contributed by atoms with Crippen LogP contribution in [0.5, 0.6) is 17.2 Å². The second-order valence-corrected chi connectivity index (χ2v) is 5.06. The van der Waals surface area contributed by atoms with Gasteiger partial charge in [0.05, 0.1) is 27.0 Å². The van der Waals surface area contributed by atoms with Gasteiger partial charge in [0.1, 0.15) is 28.9 Å². The summed E-state index contributed by atoms with van der Waals surface area (Å²) in [6.45, 7) is 0. The summed E-state index contributed by atoms with van der Waals surface area (Å²) in [4.78, 5) is 12.2. The van der Waals surface area contributed by atoms with E-state index in [4.69, 9.17) is 14.2 Å². The number of carbonyl (C=O) groups is 1. The Morgan fingerprint density at radius 2 is 1.65 bits per heavy atom. The summed E-state index contributed by atoms with van der Waals surface area (Å²) in [7, 11) is 4.63. The van der Waals surface area contributed by atoms with Crippen molar-refractivity contribution in [2.45, 2.75) is 0 Å². The molecule has 0 radical (unpaired) electrons. The molecule has 0 saturated heterocycles. The molecule has 0 aromatic heterocycles. The molecule has 134 valence electrons. The number of rotatable bonds is 7. The van der Waals surface area contributed by atoms with E-state index in [-0.39, 0.29) is 5.57 Å².